The Morgan fingerprint density at radius 1 is 1.32 bits per heavy atom. The number of ether oxygens (including phenoxy) is 3. The minimum Gasteiger partial charge on any atom is -0.491 e. The molecule has 1 atom stereocenters. The van der Waals surface area contributed by atoms with E-state index in [4.69, 9.17) is 19.9 Å². The number of hydrogen-bond donors (Lipinski definition) is 1. The van der Waals surface area contributed by atoms with E-state index < -0.39 is 0 Å². The first-order valence-corrected chi connectivity index (χ1v) is 8.69. The van der Waals surface area contributed by atoms with Crippen molar-refractivity contribution in [2.75, 3.05) is 39.5 Å². The average molecular weight is 461 g/mol. The summed E-state index contributed by atoms with van der Waals surface area (Å²) in [6, 6.07) is 6.20. The van der Waals surface area contributed by atoms with Crippen LogP contribution in [0, 0.1) is 6.92 Å². The van der Waals surface area contributed by atoms with Crippen LogP contribution >= 0.6 is 24.0 Å². The molecule has 7 heteroatoms. The summed E-state index contributed by atoms with van der Waals surface area (Å²) in [4.78, 5) is 6.60. The summed E-state index contributed by atoms with van der Waals surface area (Å²) in [6.07, 6.45) is 2.40. The lowest BCUT2D eigenvalue weighted by atomic mass is 10.1. The third kappa shape index (κ3) is 6.00. The molecule has 2 aliphatic heterocycles. The average Bonchev–Trinajstić information content (AvgIpc) is 3.13. The highest BCUT2D eigenvalue weighted by Gasteiger charge is 2.17. The number of aryl methyl sites for hydroxylation is 1. The van der Waals surface area contributed by atoms with Gasteiger partial charge >= 0.3 is 0 Å². The van der Waals surface area contributed by atoms with Crippen LogP contribution in [0.15, 0.2) is 23.2 Å². The predicted molar refractivity (Wildman–Crippen MR) is 109 cm³/mol. The van der Waals surface area contributed by atoms with Gasteiger partial charge in [0, 0.05) is 25.3 Å². The summed E-state index contributed by atoms with van der Waals surface area (Å²) in [6.45, 7) is 7.02. The van der Waals surface area contributed by atoms with Crippen LogP contribution in [0.2, 0.25) is 0 Å². The van der Waals surface area contributed by atoms with Gasteiger partial charge < -0.3 is 24.8 Å². The molecule has 0 saturated carbocycles. The molecule has 1 aromatic carbocycles. The minimum atomic E-state index is 0. The fourth-order valence-electron chi connectivity index (χ4n) is 2.94. The highest BCUT2D eigenvalue weighted by molar-refractivity contribution is 14.0. The highest BCUT2D eigenvalue weighted by atomic mass is 127. The molecule has 3 rings (SSSR count). The zero-order valence-electron chi connectivity index (χ0n) is 14.8. The molecule has 0 bridgehead atoms. The van der Waals surface area contributed by atoms with Crippen LogP contribution in [0.1, 0.15) is 24.0 Å². The first-order chi connectivity index (χ1) is 11.7. The van der Waals surface area contributed by atoms with Crippen LogP contribution in [-0.4, -0.2) is 56.5 Å². The maximum absolute atomic E-state index is 6.11. The van der Waals surface area contributed by atoms with Gasteiger partial charge in [-0.05, 0) is 31.4 Å². The van der Waals surface area contributed by atoms with Gasteiger partial charge in [0.05, 0.1) is 25.9 Å². The predicted octanol–water partition coefficient (Wildman–Crippen LogP) is 2.32. The summed E-state index contributed by atoms with van der Waals surface area (Å²) >= 11 is 0. The quantitative estimate of drug-likeness (QED) is 0.414. The number of nitrogens with two attached hydrogens (primary N) is 1. The van der Waals surface area contributed by atoms with Crippen LogP contribution in [0.4, 0.5) is 0 Å². The van der Waals surface area contributed by atoms with Gasteiger partial charge in [0.15, 0.2) is 5.96 Å². The lowest BCUT2D eigenvalue weighted by Crippen LogP contribution is -2.44. The van der Waals surface area contributed by atoms with E-state index in [9.17, 15) is 0 Å². The van der Waals surface area contributed by atoms with Gasteiger partial charge in [0.1, 0.15) is 12.4 Å². The normalized spacial score (nSPS) is 21.1. The van der Waals surface area contributed by atoms with Gasteiger partial charge in [0.2, 0.25) is 0 Å². The number of morpholine rings is 1. The number of hydrogen-bond acceptors (Lipinski definition) is 4. The molecule has 2 saturated heterocycles. The van der Waals surface area contributed by atoms with E-state index in [1.807, 2.05) is 0 Å². The zero-order valence-corrected chi connectivity index (χ0v) is 17.1. The Morgan fingerprint density at radius 3 is 2.84 bits per heavy atom. The lowest BCUT2D eigenvalue weighted by molar-refractivity contribution is 0.0671. The molecule has 140 valence electrons. The van der Waals surface area contributed by atoms with Crippen molar-refractivity contribution in [3.05, 3.63) is 29.3 Å². The molecular weight excluding hydrogens is 433 g/mol. The molecule has 0 aliphatic carbocycles. The highest BCUT2D eigenvalue weighted by Crippen LogP contribution is 2.23. The molecule has 2 N–H and O–H groups in total. The van der Waals surface area contributed by atoms with Gasteiger partial charge in [-0.3, -0.25) is 0 Å². The standard InChI is InChI=1S/C18H27N3O3.HI/c1-14-4-5-15(12-20-18(19)21-6-9-22-10-7-21)17(11-14)24-13-16-3-2-8-23-16;/h4-5,11,16H,2-3,6-10,12-13H2,1H3,(H2,19,20);1H. The summed E-state index contributed by atoms with van der Waals surface area (Å²) in [5, 5.41) is 0. The molecule has 6 nitrogen and oxygen atoms in total. The number of rotatable bonds is 5. The number of aliphatic imine (C=N–C) groups is 1. The van der Waals surface area contributed by atoms with Gasteiger partial charge in [-0.25, -0.2) is 4.99 Å². The number of nitrogens with zero attached hydrogens (tertiary/aromatic N) is 2. The van der Waals surface area contributed by atoms with Gasteiger partial charge in [0.25, 0.3) is 0 Å². The molecule has 25 heavy (non-hydrogen) atoms. The Balaban J connectivity index is 0.00000225. The molecular formula is C18H28IN3O3. The molecule has 0 amide bonds. The van der Waals surface area contributed by atoms with Crippen molar-refractivity contribution in [3.63, 3.8) is 0 Å². The van der Waals surface area contributed by atoms with Crippen LogP contribution in [0.25, 0.3) is 0 Å². The number of guanidine groups is 1. The summed E-state index contributed by atoms with van der Waals surface area (Å²) in [5.74, 6) is 1.45. The zero-order chi connectivity index (χ0) is 16.8. The van der Waals surface area contributed by atoms with Crippen molar-refractivity contribution in [3.8, 4) is 5.75 Å². The Bertz CT molecular complexity index is 571. The van der Waals surface area contributed by atoms with E-state index in [-0.39, 0.29) is 30.1 Å². The van der Waals surface area contributed by atoms with E-state index in [1.54, 1.807) is 0 Å². The monoisotopic (exact) mass is 461 g/mol. The van der Waals surface area contributed by atoms with Crippen LogP contribution in [-0.2, 0) is 16.0 Å². The van der Waals surface area contributed by atoms with E-state index in [2.05, 4.69) is 35.0 Å². The molecule has 0 aromatic heterocycles. The van der Waals surface area contributed by atoms with Crippen molar-refractivity contribution < 1.29 is 14.2 Å². The Kier molecular flexibility index (Phi) is 8.25. The first-order valence-electron chi connectivity index (χ1n) is 8.69. The van der Waals surface area contributed by atoms with Crippen molar-refractivity contribution in [1.82, 2.24) is 4.90 Å². The van der Waals surface area contributed by atoms with E-state index in [0.717, 1.165) is 43.9 Å². The molecule has 2 fully saturated rings. The van der Waals surface area contributed by atoms with E-state index >= 15 is 0 Å². The SMILES string of the molecule is Cc1ccc(CN=C(N)N2CCOCC2)c(OCC2CCCO2)c1.I. The molecule has 1 aromatic rings. The van der Waals surface area contributed by atoms with E-state index in [0.29, 0.717) is 32.3 Å². The van der Waals surface area contributed by atoms with Gasteiger partial charge in [-0.2, -0.15) is 0 Å². The van der Waals surface area contributed by atoms with Crippen molar-refractivity contribution in [2.24, 2.45) is 10.7 Å². The first kappa shape index (κ1) is 20.3. The van der Waals surface area contributed by atoms with Crippen molar-refractivity contribution in [1.29, 1.82) is 0 Å². The maximum atomic E-state index is 6.11. The topological polar surface area (TPSA) is 69.3 Å². The number of halogens is 1. The largest absolute Gasteiger partial charge is 0.491 e. The number of benzene rings is 1. The van der Waals surface area contributed by atoms with Gasteiger partial charge in [-0.1, -0.05) is 12.1 Å². The molecule has 0 radical (unpaired) electrons. The van der Waals surface area contributed by atoms with Crippen molar-refractivity contribution in [2.45, 2.75) is 32.4 Å². The summed E-state index contributed by atoms with van der Waals surface area (Å²) in [7, 11) is 0. The fraction of sp³-hybridized carbons (Fsp3) is 0.611. The smallest absolute Gasteiger partial charge is 0.191 e. The van der Waals surface area contributed by atoms with Crippen LogP contribution < -0.4 is 10.5 Å². The second-order valence-corrected chi connectivity index (χ2v) is 6.33. The Labute approximate surface area is 166 Å². The Morgan fingerprint density at radius 2 is 2.12 bits per heavy atom. The molecule has 1 unspecified atom stereocenters. The molecule has 2 aliphatic rings. The second-order valence-electron chi connectivity index (χ2n) is 6.33. The van der Waals surface area contributed by atoms with Gasteiger partial charge in [-0.15, -0.1) is 24.0 Å². The van der Waals surface area contributed by atoms with Crippen LogP contribution in [0.3, 0.4) is 0 Å². The third-order valence-corrected chi connectivity index (χ3v) is 4.42. The minimum absolute atomic E-state index is 0. The Hall–Kier alpha value is -1.06. The molecule has 2 heterocycles. The fourth-order valence-corrected chi connectivity index (χ4v) is 2.94. The second kappa shape index (κ2) is 10.2. The third-order valence-electron chi connectivity index (χ3n) is 4.42. The van der Waals surface area contributed by atoms with E-state index in [1.165, 1.54) is 5.56 Å². The summed E-state index contributed by atoms with van der Waals surface area (Å²) < 4.78 is 17.0. The lowest BCUT2D eigenvalue weighted by Gasteiger charge is -2.27. The maximum Gasteiger partial charge on any atom is 0.191 e. The summed E-state index contributed by atoms with van der Waals surface area (Å²) in [5.41, 5.74) is 8.33. The molecule has 0 spiro atoms. The van der Waals surface area contributed by atoms with Crippen molar-refractivity contribution >= 4 is 29.9 Å². The van der Waals surface area contributed by atoms with Crippen LogP contribution in [0.5, 0.6) is 5.75 Å².